The number of nitrogens with two attached hydrogens (primary N) is 1. The molecule has 0 fully saturated rings. The van der Waals surface area contributed by atoms with Crippen molar-refractivity contribution in [3.05, 3.63) is 28.2 Å². The molecular weight excluding hydrogens is 313 g/mol. The summed E-state index contributed by atoms with van der Waals surface area (Å²) in [5, 5.41) is 2.91. The molecule has 18 heavy (non-hydrogen) atoms. The van der Waals surface area contributed by atoms with Crippen LogP contribution < -0.4 is 11.1 Å². The number of nitrogens with one attached hydrogen (secondary N) is 1. The molecule has 0 spiro atoms. The second kappa shape index (κ2) is 5.60. The van der Waals surface area contributed by atoms with Crippen LogP contribution in [0.5, 0.6) is 0 Å². The van der Waals surface area contributed by atoms with Crippen molar-refractivity contribution < 1.29 is 18.0 Å². The van der Waals surface area contributed by atoms with Gasteiger partial charge in [0.1, 0.15) is 0 Å². The van der Waals surface area contributed by atoms with Gasteiger partial charge in [-0.15, -0.1) is 0 Å². The summed E-state index contributed by atoms with van der Waals surface area (Å²) >= 11 is 3.06. The Hall–Kier alpha value is -1.24. The van der Waals surface area contributed by atoms with Gasteiger partial charge < -0.3 is 11.1 Å². The van der Waals surface area contributed by atoms with Crippen LogP contribution in [-0.2, 0) is 11.0 Å². The monoisotopic (exact) mass is 324 g/mol. The van der Waals surface area contributed by atoms with Gasteiger partial charge in [-0.3, -0.25) is 4.79 Å². The SMILES string of the molecule is CC(CC(N)=O)Nc1ccc(C(F)(F)F)cc1Br. The Morgan fingerprint density at radius 3 is 2.56 bits per heavy atom. The number of halogens is 4. The van der Waals surface area contributed by atoms with Gasteiger partial charge >= 0.3 is 6.18 Å². The Morgan fingerprint density at radius 2 is 2.11 bits per heavy atom. The van der Waals surface area contributed by atoms with E-state index in [9.17, 15) is 18.0 Å². The first-order valence-electron chi connectivity index (χ1n) is 5.11. The first kappa shape index (κ1) is 14.8. The van der Waals surface area contributed by atoms with Gasteiger partial charge in [0.05, 0.1) is 5.56 Å². The zero-order chi connectivity index (χ0) is 13.9. The largest absolute Gasteiger partial charge is 0.416 e. The molecule has 0 aliphatic carbocycles. The van der Waals surface area contributed by atoms with Crippen LogP contribution in [0.3, 0.4) is 0 Å². The number of carbonyl (C=O) groups excluding carboxylic acids is 1. The highest BCUT2D eigenvalue weighted by Gasteiger charge is 2.30. The summed E-state index contributed by atoms with van der Waals surface area (Å²) in [5.74, 6) is -0.474. The predicted molar refractivity (Wildman–Crippen MR) is 66.0 cm³/mol. The molecule has 7 heteroatoms. The van der Waals surface area contributed by atoms with Crippen molar-refractivity contribution in [1.82, 2.24) is 0 Å². The summed E-state index contributed by atoms with van der Waals surface area (Å²) < 4.78 is 37.6. The Balaban J connectivity index is 2.83. The quantitative estimate of drug-likeness (QED) is 0.893. The average molecular weight is 325 g/mol. The Kier molecular flexibility index (Phi) is 4.61. The molecular formula is C11H12BrF3N2O. The normalized spacial score (nSPS) is 13.2. The highest BCUT2D eigenvalue weighted by atomic mass is 79.9. The zero-order valence-electron chi connectivity index (χ0n) is 9.51. The topological polar surface area (TPSA) is 55.1 Å². The third-order valence-electron chi connectivity index (χ3n) is 2.21. The number of alkyl halides is 3. The minimum Gasteiger partial charge on any atom is -0.381 e. The number of primary amides is 1. The van der Waals surface area contributed by atoms with Gasteiger partial charge in [0.2, 0.25) is 5.91 Å². The van der Waals surface area contributed by atoms with E-state index >= 15 is 0 Å². The Bertz CT molecular complexity index is 448. The van der Waals surface area contributed by atoms with Gasteiger partial charge in [-0.2, -0.15) is 13.2 Å². The number of carbonyl (C=O) groups is 1. The summed E-state index contributed by atoms with van der Waals surface area (Å²) in [6, 6.07) is 3.02. The summed E-state index contributed by atoms with van der Waals surface area (Å²) in [7, 11) is 0. The van der Waals surface area contributed by atoms with Crippen molar-refractivity contribution >= 4 is 27.5 Å². The molecule has 1 rings (SSSR count). The van der Waals surface area contributed by atoms with E-state index in [1.165, 1.54) is 6.07 Å². The van der Waals surface area contributed by atoms with Crippen LogP contribution in [0, 0.1) is 0 Å². The number of hydrogen-bond acceptors (Lipinski definition) is 2. The van der Waals surface area contributed by atoms with E-state index in [2.05, 4.69) is 21.2 Å². The smallest absolute Gasteiger partial charge is 0.381 e. The zero-order valence-corrected chi connectivity index (χ0v) is 11.1. The van der Waals surface area contributed by atoms with Crippen molar-refractivity contribution in [3.63, 3.8) is 0 Å². The first-order chi connectivity index (χ1) is 8.20. The molecule has 1 amide bonds. The summed E-state index contributed by atoms with van der Waals surface area (Å²) in [6.45, 7) is 1.72. The van der Waals surface area contributed by atoms with E-state index in [0.29, 0.717) is 5.69 Å². The van der Waals surface area contributed by atoms with E-state index in [1.54, 1.807) is 6.92 Å². The molecule has 100 valence electrons. The van der Waals surface area contributed by atoms with E-state index in [0.717, 1.165) is 12.1 Å². The van der Waals surface area contributed by atoms with Crippen LogP contribution in [0.15, 0.2) is 22.7 Å². The Morgan fingerprint density at radius 1 is 1.50 bits per heavy atom. The van der Waals surface area contributed by atoms with E-state index < -0.39 is 17.6 Å². The molecule has 0 aliphatic heterocycles. The molecule has 1 aromatic rings. The van der Waals surface area contributed by atoms with E-state index in [-0.39, 0.29) is 16.9 Å². The second-order valence-corrected chi connectivity index (χ2v) is 4.76. The van der Waals surface area contributed by atoms with Crippen LogP contribution in [-0.4, -0.2) is 11.9 Å². The van der Waals surface area contributed by atoms with Crippen molar-refractivity contribution in [1.29, 1.82) is 0 Å². The second-order valence-electron chi connectivity index (χ2n) is 3.91. The van der Waals surface area contributed by atoms with Gasteiger partial charge in [0.15, 0.2) is 0 Å². The minimum absolute atomic E-state index is 0.105. The van der Waals surface area contributed by atoms with Gasteiger partial charge in [-0.25, -0.2) is 0 Å². The molecule has 0 aromatic heterocycles. The van der Waals surface area contributed by atoms with Crippen LogP contribution in [0.1, 0.15) is 18.9 Å². The lowest BCUT2D eigenvalue weighted by Gasteiger charge is -2.16. The summed E-state index contributed by atoms with van der Waals surface area (Å²) in [4.78, 5) is 10.7. The number of rotatable bonds is 4. The number of anilines is 1. The van der Waals surface area contributed by atoms with Crippen molar-refractivity contribution in [3.8, 4) is 0 Å². The molecule has 0 radical (unpaired) electrons. The highest BCUT2D eigenvalue weighted by Crippen LogP contribution is 2.34. The maximum atomic E-state index is 12.4. The molecule has 0 aliphatic rings. The molecule has 1 aromatic carbocycles. The molecule has 3 N–H and O–H groups in total. The van der Waals surface area contributed by atoms with Gasteiger partial charge in [0.25, 0.3) is 0 Å². The fourth-order valence-electron chi connectivity index (χ4n) is 1.43. The van der Waals surface area contributed by atoms with Crippen molar-refractivity contribution in [2.24, 2.45) is 5.73 Å². The van der Waals surface area contributed by atoms with E-state index in [4.69, 9.17) is 5.73 Å². The molecule has 1 atom stereocenters. The van der Waals surface area contributed by atoms with Crippen LogP contribution >= 0.6 is 15.9 Å². The summed E-state index contributed by atoms with van der Waals surface area (Å²) in [6.07, 6.45) is -4.27. The van der Waals surface area contributed by atoms with Crippen LogP contribution in [0.2, 0.25) is 0 Å². The molecule has 0 bridgehead atoms. The third kappa shape index (κ3) is 4.21. The highest BCUT2D eigenvalue weighted by molar-refractivity contribution is 9.10. The van der Waals surface area contributed by atoms with E-state index in [1.807, 2.05) is 0 Å². The standard InChI is InChI=1S/C11H12BrF3N2O/c1-6(4-10(16)18)17-9-3-2-7(5-8(9)12)11(13,14)15/h2-3,5-6,17H,4H2,1H3,(H2,16,18). The lowest BCUT2D eigenvalue weighted by Crippen LogP contribution is -2.24. The lowest BCUT2D eigenvalue weighted by molar-refractivity contribution is -0.137. The first-order valence-corrected chi connectivity index (χ1v) is 5.91. The van der Waals surface area contributed by atoms with Gasteiger partial charge in [0, 0.05) is 22.6 Å². The van der Waals surface area contributed by atoms with Gasteiger partial charge in [-0.05, 0) is 41.1 Å². The molecule has 1 unspecified atom stereocenters. The molecule has 0 saturated heterocycles. The summed E-state index contributed by atoms with van der Waals surface area (Å²) in [5.41, 5.74) is 4.78. The van der Waals surface area contributed by atoms with Crippen LogP contribution in [0.25, 0.3) is 0 Å². The number of amides is 1. The average Bonchev–Trinajstić information content (AvgIpc) is 2.18. The number of hydrogen-bond donors (Lipinski definition) is 2. The van der Waals surface area contributed by atoms with Crippen molar-refractivity contribution in [2.75, 3.05) is 5.32 Å². The molecule has 0 saturated carbocycles. The fraction of sp³-hybridized carbons (Fsp3) is 0.364. The predicted octanol–water partition coefficient (Wildman–Crippen LogP) is 3.14. The third-order valence-corrected chi connectivity index (χ3v) is 2.86. The van der Waals surface area contributed by atoms with Gasteiger partial charge in [-0.1, -0.05) is 0 Å². The maximum absolute atomic E-state index is 12.4. The minimum atomic E-state index is -4.38. The Labute approximate surface area is 111 Å². The number of benzene rings is 1. The fourth-order valence-corrected chi connectivity index (χ4v) is 1.92. The molecule has 3 nitrogen and oxygen atoms in total. The van der Waals surface area contributed by atoms with Crippen molar-refractivity contribution in [2.45, 2.75) is 25.6 Å². The lowest BCUT2D eigenvalue weighted by atomic mass is 10.1. The molecule has 0 heterocycles. The maximum Gasteiger partial charge on any atom is 0.416 e. The van der Waals surface area contributed by atoms with Crippen LogP contribution in [0.4, 0.5) is 18.9 Å².